The first kappa shape index (κ1) is 31.4. The van der Waals surface area contributed by atoms with Gasteiger partial charge in [0, 0.05) is 32.5 Å². The Hall–Kier alpha value is -2.63. The Labute approximate surface area is 207 Å². The van der Waals surface area contributed by atoms with Crippen molar-refractivity contribution in [3.8, 4) is 5.75 Å². The van der Waals surface area contributed by atoms with E-state index in [9.17, 15) is 36.6 Å². The van der Waals surface area contributed by atoms with E-state index >= 15 is 0 Å². The molecule has 0 aromatic heterocycles. The number of urea groups is 1. The number of hydrogen-bond donors (Lipinski definition) is 2. The van der Waals surface area contributed by atoms with E-state index in [1.807, 2.05) is 13.8 Å². The van der Waals surface area contributed by atoms with Crippen molar-refractivity contribution in [3.05, 3.63) is 29.8 Å². The number of nitrogens with zero attached hydrogens (tertiary/aromatic N) is 1. The second kappa shape index (κ2) is 14.8. The maximum Gasteiger partial charge on any atom is 0.453 e. The molecule has 0 spiro atoms. The molecule has 0 aliphatic heterocycles. The molecule has 0 heterocycles. The van der Waals surface area contributed by atoms with Crippen molar-refractivity contribution in [1.29, 1.82) is 0 Å². The molecular formula is C24H35F5N2O5. The lowest BCUT2D eigenvalue weighted by Crippen LogP contribution is -2.44. The molecule has 12 heteroatoms. The molecule has 206 valence electrons. The van der Waals surface area contributed by atoms with Gasteiger partial charge in [0.25, 0.3) is 0 Å². The van der Waals surface area contributed by atoms with Gasteiger partial charge in [0.1, 0.15) is 12.4 Å². The third kappa shape index (κ3) is 11.4. The molecule has 1 aromatic rings. The summed E-state index contributed by atoms with van der Waals surface area (Å²) in [6.07, 6.45) is -8.15. The first-order valence-electron chi connectivity index (χ1n) is 11.8. The Morgan fingerprint density at radius 2 is 1.69 bits per heavy atom. The third-order valence-electron chi connectivity index (χ3n) is 5.15. The topological polar surface area (TPSA) is 88.1 Å². The molecule has 2 amide bonds. The van der Waals surface area contributed by atoms with Gasteiger partial charge in [-0.25, -0.2) is 9.59 Å². The molecule has 1 unspecified atom stereocenters. The predicted molar refractivity (Wildman–Crippen MR) is 123 cm³/mol. The smallest absolute Gasteiger partial charge is 0.453 e. The standard InChI is InChI=1S/C24H35F5N2O5/c1-4-35-20(21(32)33)15-18-7-9-19(10-8-18)36-14-13-31(22(34)30-16-17(2)3)12-6-5-11-23(25,26)24(27,28)29/h7-10,17,20H,4-6,11-16H2,1-3H3,(H,30,34)(H,32,33). The van der Waals surface area contributed by atoms with Crippen LogP contribution in [0.15, 0.2) is 24.3 Å². The van der Waals surface area contributed by atoms with Gasteiger partial charge in [-0.2, -0.15) is 22.0 Å². The van der Waals surface area contributed by atoms with Crippen molar-refractivity contribution in [2.45, 2.75) is 64.7 Å². The number of hydrogen-bond acceptors (Lipinski definition) is 4. The van der Waals surface area contributed by atoms with Gasteiger partial charge >= 0.3 is 24.1 Å². The maximum atomic E-state index is 13.1. The quantitative estimate of drug-likeness (QED) is 0.230. The molecule has 1 aromatic carbocycles. The van der Waals surface area contributed by atoms with E-state index in [0.29, 0.717) is 12.3 Å². The minimum Gasteiger partial charge on any atom is -0.492 e. The van der Waals surface area contributed by atoms with Gasteiger partial charge in [0.05, 0.1) is 6.54 Å². The van der Waals surface area contributed by atoms with E-state index < -0.39 is 43.0 Å². The highest BCUT2D eigenvalue weighted by molar-refractivity contribution is 5.74. The number of carboxylic acids is 1. The van der Waals surface area contributed by atoms with Crippen molar-refractivity contribution in [2.24, 2.45) is 5.92 Å². The number of carbonyl (C=O) groups is 2. The highest BCUT2D eigenvalue weighted by Crippen LogP contribution is 2.39. The summed E-state index contributed by atoms with van der Waals surface area (Å²) in [5, 5.41) is 11.9. The zero-order valence-corrected chi connectivity index (χ0v) is 20.7. The molecule has 7 nitrogen and oxygen atoms in total. The van der Waals surface area contributed by atoms with Gasteiger partial charge in [-0.1, -0.05) is 26.0 Å². The summed E-state index contributed by atoms with van der Waals surface area (Å²) in [4.78, 5) is 25.0. The van der Waals surface area contributed by atoms with E-state index in [0.717, 1.165) is 5.56 Å². The van der Waals surface area contributed by atoms with Gasteiger partial charge in [0.15, 0.2) is 6.10 Å². The van der Waals surface area contributed by atoms with E-state index in [4.69, 9.17) is 9.47 Å². The highest BCUT2D eigenvalue weighted by atomic mass is 19.4. The number of alkyl halides is 5. The Morgan fingerprint density at radius 3 is 2.22 bits per heavy atom. The molecule has 0 saturated carbocycles. The number of ether oxygens (including phenoxy) is 2. The Morgan fingerprint density at radius 1 is 1.06 bits per heavy atom. The van der Waals surface area contributed by atoms with Gasteiger partial charge in [0.2, 0.25) is 0 Å². The zero-order valence-electron chi connectivity index (χ0n) is 20.7. The molecule has 0 fully saturated rings. The number of unbranched alkanes of at least 4 members (excludes halogenated alkanes) is 1. The molecule has 0 radical (unpaired) electrons. The van der Waals surface area contributed by atoms with E-state index in [2.05, 4.69) is 5.32 Å². The molecule has 0 saturated heterocycles. The fourth-order valence-electron chi connectivity index (χ4n) is 3.14. The predicted octanol–water partition coefficient (Wildman–Crippen LogP) is 5.13. The number of halogens is 5. The first-order valence-corrected chi connectivity index (χ1v) is 11.8. The zero-order chi connectivity index (χ0) is 27.4. The van der Waals surface area contributed by atoms with E-state index in [-0.39, 0.29) is 45.1 Å². The summed E-state index contributed by atoms with van der Waals surface area (Å²) in [6, 6.07) is 6.21. The van der Waals surface area contributed by atoms with Gasteiger partial charge in [-0.05, 0) is 43.4 Å². The van der Waals surface area contributed by atoms with Crippen LogP contribution >= 0.6 is 0 Å². The summed E-state index contributed by atoms with van der Waals surface area (Å²) < 4.78 is 74.1. The summed E-state index contributed by atoms with van der Waals surface area (Å²) in [7, 11) is 0. The van der Waals surface area contributed by atoms with Crippen LogP contribution in [0.2, 0.25) is 0 Å². The number of carbonyl (C=O) groups excluding carboxylic acids is 1. The lowest BCUT2D eigenvalue weighted by molar-refractivity contribution is -0.284. The van der Waals surface area contributed by atoms with Crippen molar-refractivity contribution >= 4 is 12.0 Å². The van der Waals surface area contributed by atoms with Crippen LogP contribution < -0.4 is 10.1 Å². The SMILES string of the molecule is CCOC(Cc1ccc(OCCN(CCCCC(F)(F)C(F)(F)F)C(=O)NCC(C)C)cc1)C(=O)O. The van der Waals surface area contributed by atoms with Crippen LogP contribution in [-0.2, 0) is 16.0 Å². The number of amides is 2. The van der Waals surface area contributed by atoms with Crippen molar-refractivity contribution in [3.63, 3.8) is 0 Å². The van der Waals surface area contributed by atoms with Crippen molar-refractivity contribution in [1.82, 2.24) is 10.2 Å². The lowest BCUT2D eigenvalue weighted by atomic mass is 10.1. The number of rotatable bonds is 16. The first-order chi connectivity index (χ1) is 16.8. The molecular weight excluding hydrogens is 491 g/mol. The molecule has 0 aliphatic carbocycles. The molecule has 1 atom stereocenters. The number of nitrogens with one attached hydrogen (secondary N) is 1. The van der Waals surface area contributed by atoms with Crippen molar-refractivity contribution < 1.29 is 46.1 Å². The Kier molecular flexibility index (Phi) is 12.9. The lowest BCUT2D eigenvalue weighted by Gasteiger charge is -2.24. The van der Waals surface area contributed by atoms with Crippen LogP contribution in [0.4, 0.5) is 26.7 Å². The summed E-state index contributed by atoms with van der Waals surface area (Å²) in [6.45, 7) is 6.28. The molecule has 0 aliphatic rings. The van der Waals surface area contributed by atoms with Crippen LogP contribution in [-0.4, -0.2) is 73.1 Å². The van der Waals surface area contributed by atoms with Gasteiger partial charge < -0.3 is 24.8 Å². The fraction of sp³-hybridized carbons (Fsp3) is 0.667. The minimum absolute atomic E-state index is 0.00578. The van der Waals surface area contributed by atoms with Crippen LogP contribution in [0.5, 0.6) is 5.75 Å². The molecule has 1 rings (SSSR count). The maximum absolute atomic E-state index is 13.1. The third-order valence-corrected chi connectivity index (χ3v) is 5.15. The Bertz CT molecular complexity index is 803. The molecule has 2 N–H and O–H groups in total. The fourth-order valence-corrected chi connectivity index (χ4v) is 3.14. The second-order valence-corrected chi connectivity index (χ2v) is 8.71. The summed E-state index contributed by atoms with van der Waals surface area (Å²) in [5.74, 6) is -5.19. The average molecular weight is 527 g/mol. The molecule has 36 heavy (non-hydrogen) atoms. The van der Waals surface area contributed by atoms with Crippen LogP contribution in [0, 0.1) is 5.92 Å². The normalized spacial score (nSPS) is 12.9. The van der Waals surface area contributed by atoms with Crippen molar-refractivity contribution in [2.75, 3.05) is 32.8 Å². The van der Waals surface area contributed by atoms with Crippen LogP contribution in [0.1, 0.15) is 45.6 Å². The monoisotopic (exact) mass is 526 g/mol. The largest absolute Gasteiger partial charge is 0.492 e. The molecule has 0 bridgehead atoms. The average Bonchev–Trinajstić information content (AvgIpc) is 2.78. The van der Waals surface area contributed by atoms with Gasteiger partial charge in [-0.3, -0.25) is 0 Å². The minimum atomic E-state index is -5.59. The van der Waals surface area contributed by atoms with Crippen LogP contribution in [0.25, 0.3) is 0 Å². The van der Waals surface area contributed by atoms with E-state index in [1.54, 1.807) is 31.2 Å². The second-order valence-electron chi connectivity index (χ2n) is 8.71. The van der Waals surface area contributed by atoms with Gasteiger partial charge in [-0.15, -0.1) is 0 Å². The highest BCUT2D eigenvalue weighted by Gasteiger charge is 2.56. The number of carboxylic acid groups (broad SMARTS) is 1. The summed E-state index contributed by atoms with van der Waals surface area (Å²) in [5.41, 5.74) is 0.730. The van der Waals surface area contributed by atoms with E-state index in [1.165, 1.54) is 4.90 Å². The Balaban J connectivity index is 2.63. The number of aliphatic carboxylic acids is 1. The summed E-state index contributed by atoms with van der Waals surface area (Å²) >= 11 is 0. The van der Waals surface area contributed by atoms with Crippen LogP contribution in [0.3, 0.4) is 0 Å². The number of benzene rings is 1.